The molecule has 0 spiro atoms. The summed E-state index contributed by atoms with van der Waals surface area (Å²) in [5.74, 6) is -1.54. The number of nitrogens with one attached hydrogen (secondary N) is 3. The van der Waals surface area contributed by atoms with E-state index in [1.165, 1.54) is 24.3 Å². The van der Waals surface area contributed by atoms with Crippen LogP contribution in [0.2, 0.25) is 0 Å². The number of rotatable bonds is 14. The fourth-order valence-electron chi connectivity index (χ4n) is 3.05. The molecule has 2 aromatic carbocycles. The van der Waals surface area contributed by atoms with Gasteiger partial charge in [-0.15, -0.1) is 0 Å². The molecule has 1 unspecified atom stereocenters. The molecule has 0 heterocycles. The molecule has 0 aliphatic heterocycles. The van der Waals surface area contributed by atoms with Crippen molar-refractivity contribution in [2.24, 2.45) is 0 Å². The van der Waals surface area contributed by atoms with Crippen LogP contribution in [0.15, 0.2) is 59.5 Å². The molecule has 0 saturated carbocycles. The van der Waals surface area contributed by atoms with E-state index in [-0.39, 0.29) is 17.9 Å². The lowest BCUT2D eigenvalue weighted by Crippen LogP contribution is -2.40. The largest absolute Gasteiger partial charge is 0.480 e. The van der Waals surface area contributed by atoms with E-state index in [1.54, 1.807) is 0 Å². The van der Waals surface area contributed by atoms with Crippen LogP contribution in [0.25, 0.3) is 0 Å². The lowest BCUT2D eigenvalue weighted by atomic mass is 10.1. The Kier molecular flexibility index (Phi) is 10.3. The molecule has 2 rings (SSSR count). The molecule has 0 aliphatic rings. The molecule has 9 heteroatoms. The van der Waals surface area contributed by atoms with Crippen molar-refractivity contribution in [3.8, 4) is 0 Å². The summed E-state index contributed by atoms with van der Waals surface area (Å²) in [5.41, 5.74) is 1.23. The fourth-order valence-corrected chi connectivity index (χ4v) is 4.06. The van der Waals surface area contributed by atoms with Crippen molar-refractivity contribution in [3.63, 3.8) is 0 Å². The van der Waals surface area contributed by atoms with E-state index in [0.29, 0.717) is 12.2 Å². The summed E-state index contributed by atoms with van der Waals surface area (Å²) >= 11 is 0. The molecule has 0 bridgehead atoms. The summed E-state index contributed by atoms with van der Waals surface area (Å²) in [5, 5.41) is 14.9. The number of carboxylic acid groups (broad SMARTS) is 1. The molecule has 1 amide bonds. The van der Waals surface area contributed by atoms with Crippen LogP contribution in [-0.2, 0) is 26.2 Å². The molecule has 4 N–H and O–H groups in total. The van der Waals surface area contributed by atoms with E-state index in [1.807, 2.05) is 30.3 Å². The van der Waals surface area contributed by atoms with E-state index >= 15 is 0 Å². The van der Waals surface area contributed by atoms with Crippen LogP contribution >= 0.6 is 0 Å². The van der Waals surface area contributed by atoms with E-state index in [0.717, 1.165) is 31.2 Å². The minimum atomic E-state index is -3.70. The molecule has 32 heavy (non-hydrogen) atoms. The lowest BCUT2D eigenvalue weighted by molar-refractivity contribution is -0.141. The number of amides is 1. The van der Waals surface area contributed by atoms with Crippen molar-refractivity contribution >= 4 is 27.6 Å². The van der Waals surface area contributed by atoms with Crippen LogP contribution < -0.4 is 15.4 Å². The average molecular weight is 462 g/mol. The summed E-state index contributed by atoms with van der Waals surface area (Å²) in [7, 11) is -3.70. The average Bonchev–Trinajstić information content (AvgIpc) is 2.78. The Morgan fingerprint density at radius 3 is 2.28 bits per heavy atom. The van der Waals surface area contributed by atoms with E-state index in [9.17, 15) is 23.1 Å². The SMILES string of the molecule is CCCCCCNC(CC(=O)Nc1ccc(S(=O)(=O)NCc2ccccc2)cc1)C(=O)O. The Hall–Kier alpha value is -2.75. The van der Waals surface area contributed by atoms with E-state index in [2.05, 4.69) is 22.3 Å². The summed E-state index contributed by atoms with van der Waals surface area (Å²) < 4.78 is 27.4. The first-order valence-corrected chi connectivity index (χ1v) is 12.2. The second-order valence-corrected chi connectivity index (χ2v) is 9.26. The first-order chi connectivity index (χ1) is 15.3. The van der Waals surface area contributed by atoms with E-state index in [4.69, 9.17) is 0 Å². The summed E-state index contributed by atoms with van der Waals surface area (Å²) in [6.07, 6.45) is 3.83. The van der Waals surface area contributed by atoms with Crippen molar-refractivity contribution < 1.29 is 23.1 Å². The number of hydrogen-bond donors (Lipinski definition) is 4. The number of anilines is 1. The van der Waals surface area contributed by atoms with Gasteiger partial charge in [-0.3, -0.25) is 9.59 Å². The van der Waals surface area contributed by atoms with Gasteiger partial charge in [0.25, 0.3) is 0 Å². The zero-order chi connectivity index (χ0) is 23.4. The fraction of sp³-hybridized carbons (Fsp3) is 0.391. The maximum Gasteiger partial charge on any atom is 0.321 e. The molecule has 8 nitrogen and oxygen atoms in total. The molecule has 0 saturated heterocycles. The number of sulfonamides is 1. The highest BCUT2D eigenvalue weighted by Crippen LogP contribution is 2.15. The van der Waals surface area contributed by atoms with Crippen molar-refractivity contribution in [3.05, 3.63) is 60.2 Å². The third-order valence-electron chi connectivity index (χ3n) is 4.87. The van der Waals surface area contributed by atoms with Gasteiger partial charge in [0.15, 0.2) is 0 Å². The normalized spacial score (nSPS) is 12.3. The van der Waals surface area contributed by atoms with Gasteiger partial charge in [0.1, 0.15) is 6.04 Å². The van der Waals surface area contributed by atoms with Crippen molar-refractivity contribution in [1.29, 1.82) is 0 Å². The maximum atomic E-state index is 12.5. The molecule has 0 aromatic heterocycles. The van der Waals surface area contributed by atoms with Crippen molar-refractivity contribution in [2.75, 3.05) is 11.9 Å². The van der Waals surface area contributed by atoms with Crippen LogP contribution in [0.4, 0.5) is 5.69 Å². The Morgan fingerprint density at radius 1 is 0.969 bits per heavy atom. The second-order valence-electron chi connectivity index (χ2n) is 7.49. The maximum absolute atomic E-state index is 12.5. The van der Waals surface area contributed by atoms with Crippen LogP contribution in [0.3, 0.4) is 0 Å². The van der Waals surface area contributed by atoms with Gasteiger partial charge in [0, 0.05) is 12.2 Å². The molecule has 2 aromatic rings. The first-order valence-electron chi connectivity index (χ1n) is 10.7. The van der Waals surface area contributed by atoms with Crippen LogP contribution in [0, 0.1) is 0 Å². The minimum Gasteiger partial charge on any atom is -0.480 e. The van der Waals surface area contributed by atoms with Crippen LogP contribution in [0.5, 0.6) is 0 Å². The first kappa shape index (κ1) is 25.5. The van der Waals surface area contributed by atoms with Crippen LogP contribution in [-0.4, -0.2) is 38.0 Å². The molecular weight excluding hydrogens is 430 g/mol. The van der Waals surface area contributed by atoms with Gasteiger partial charge in [-0.2, -0.15) is 0 Å². The smallest absolute Gasteiger partial charge is 0.321 e. The van der Waals surface area contributed by atoms with Gasteiger partial charge in [-0.1, -0.05) is 56.5 Å². The predicted octanol–water partition coefficient (Wildman–Crippen LogP) is 3.12. The third-order valence-corrected chi connectivity index (χ3v) is 6.28. The Labute approximate surface area is 189 Å². The van der Waals surface area contributed by atoms with Gasteiger partial charge in [-0.25, -0.2) is 13.1 Å². The number of benzene rings is 2. The minimum absolute atomic E-state index is 0.0728. The highest BCUT2D eigenvalue weighted by molar-refractivity contribution is 7.89. The number of aliphatic carboxylic acids is 1. The summed E-state index contributed by atoms with van der Waals surface area (Å²) in [4.78, 5) is 23.7. The Bertz CT molecular complexity index is 963. The Morgan fingerprint density at radius 2 is 1.66 bits per heavy atom. The van der Waals surface area contributed by atoms with Crippen molar-refractivity contribution in [2.45, 2.75) is 56.5 Å². The number of carbonyl (C=O) groups excluding carboxylic acids is 1. The topological polar surface area (TPSA) is 125 Å². The number of carbonyl (C=O) groups is 2. The number of carboxylic acids is 1. The highest BCUT2D eigenvalue weighted by Gasteiger charge is 2.21. The lowest BCUT2D eigenvalue weighted by Gasteiger charge is -2.14. The van der Waals surface area contributed by atoms with Gasteiger partial charge in [-0.05, 0) is 42.8 Å². The second kappa shape index (κ2) is 12.9. The predicted molar refractivity (Wildman–Crippen MR) is 124 cm³/mol. The summed E-state index contributed by atoms with van der Waals surface area (Å²) in [6, 6.07) is 13.9. The highest BCUT2D eigenvalue weighted by atomic mass is 32.2. The van der Waals surface area contributed by atoms with Gasteiger partial charge >= 0.3 is 5.97 Å². The van der Waals surface area contributed by atoms with Gasteiger partial charge in [0.05, 0.1) is 11.3 Å². The standard InChI is InChI=1S/C23H31N3O5S/c1-2-3-4-8-15-24-21(23(28)29)16-22(27)26-19-11-13-20(14-12-19)32(30,31)25-17-18-9-6-5-7-10-18/h5-7,9-14,21,24-25H,2-4,8,15-17H2,1H3,(H,26,27)(H,28,29). The monoisotopic (exact) mass is 461 g/mol. The zero-order valence-electron chi connectivity index (χ0n) is 18.2. The zero-order valence-corrected chi connectivity index (χ0v) is 19.0. The Balaban J connectivity index is 1.87. The van der Waals surface area contributed by atoms with Gasteiger partial charge in [0.2, 0.25) is 15.9 Å². The quantitative estimate of drug-likeness (QED) is 0.321. The molecule has 1 atom stereocenters. The third kappa shape index (κ3) is 8.78. The van der Waals surface area contributed by atoms with Crippen molar-refractivity contribution in [1.82, 2.24) is 10.0 Å². The van der Waals surface area contributed by atoms with E-state index < -0.39 is 27.9 Å². The molecule has 0 radical (unpaired) electrons. The molecule has 174 valence electrons. The molecule has 0 fully saturated rings. The molecular formula is C23H31N3O5S. The molecule has 0 aliphatic carbocycles. The van der Waals surface area contributed by atoms with Gasteiger partial charge < -0.3 is 15.7 Å². The number of unbranched alkanes of at least 4 members (excludes halogenated alkanes) is 3. The van der Waals surface area contributed by atoms with Crippen LogP contribution in [0.1, 0.15) is 44.6 Å². The summed E-state index contributed by atoms with van der Waals surface area (Å²) in [6.45, 7) is 2.80. The number of hydrogen-bond acceptors (Lipinski definition) is 5.